The Hall–Kier alpha value is -1.09. The van der Waals surface area contributed by atoms with Gasteiger partial charge in [0, 0.05) is 13.2 Å². The molecule has 3 heteroatoms. The molecule has 122 valence electrons. The van der Waals surface area contributed by atoms with E-state index in [1.165, 1.54) is 6.08 Å². The molecule has 0 amide bonds. The molecule has 0 aromatic carbocycles. The summed E-state index contributed by atoms with van der Waals surface area (Å²) in [5.74, 6) is 0.602. The van der Waals surface area contributed by atoms with E-state index in [9.17, 15) is 4.79 Å². The molecule has 0 spiro atoms. The minimum Gasteiger partial charge on any atom is -0.460 e. The first-order valence-corrected chi connectivity index (χ1v) is 7.70. The number of ether oxygens (including phenoxy) is 2. The SMILES string of the molecule is COC(C)(C)C(C)CC(C)C=CC(C)=CC(=O)OC(C)C. The first kappa shape index (κ1) is 19.9. The van der Waals surface area contributed by atoms with Crippen molar-refractivity contribution in [1.82, 2.24) is 0 Å². The van der Waals surface area contributed by atoms with Crippen LogP contribution in [0.2, 0.25) is 0 Å². The number of hydrogen-bond donors (Lipinski definition) is 0. The molecule has 0 saturated heterocycles. The lowest BCUT2D eigenvalue weighted by atomic mass is 9.85. The van der Waals surface area contributed by atoms with Gasteiger partial charge in [-0.15, -0.1) is 0 Å². The Morgan fingerprint density at radius 2 is 1.76 bits per heavy atom. The van der Waals surface area contributed by atoms with Crippen LogP contribution in [0.4, 0.5) is 0 Å². The Bertz CT molecular complexity index is 378. The third-order valence-electron chi connectivity index (χ3n) is 3.82. The van der Waals surface area contributed by atoms with Crippen molar-refractivity contribution in [3.8, 4) is 0 Å². The summed E-state index contributed by atoms with van der Waals surface area (Å²) in [7, 11) is 1.75. The maximum absolute atomic E-state index is 11.5. The molecule has 0 N–H and O–H groups in total. The second-order valence-electron chi connectivity index (χ2n) is 6.65. The second kappa shape index (κ2) is 9.04. The monoisotopic (exact) mass is 296 g/mol. The maximum Gasteiger partial charge on any atom is 0.331 e. The molecule has 3 nitrogen and oxygen atoms in total. The minimum atomic E-state index is -0.284. The molecule has 0 fully saturated rings. The smallest absolute Gasteiger partial charge is 0.331 e. The fraction of sp³-hybridized carbons (Fsp3) is 0.722. The van der Waals surface area contributed by atoms with Gasteiger partial charge in [-0.05, 0) is 58.4 Å². The normalized spacial score (nSPS) is 16.3. The molecule has 0 aliphatic rings. The zero-order chi connectivity index (χ0) is 16.6. The highest BCUT2D eigenvalue weighted by atomic mass is 16.5. The molecule has 21 heavy (non-hydrogen) atoms. The van der Waals surface area contributed by atoms with Gasteiger partial charge in [0.15, 0.2) is 0 Å². The summed E-state index contributed by atoms with van der Waals surface area (Å²) >= 11 is 0. The topological polar surface area (TPSA) is 35.5 Å². The lowest BCUT2D eigenvalue weighted by molar-refractivity contribution is -0.141. The number of carbonyl (C=O) groups excluding carboxylic acids is 1. The Morgan fingerprint density at radius 3 is 2.24 bits per heavy atom. The van der Waals surface area contributed by atoms with Gasteiger partial charge in [-0.1, -0.05) is 26.0 Å². The molecule has 0 saturated carbocycles. The van der Waals surface area contributed by atoms with Crippen molar-refractivity contribution in [2.75, 3.05) is 7.11 Å². The van der Waals surface area contributed by atoms with Gasteiger partial charge in [-0.25, -0.2) is 4.79 Å². The average molecular weight is 296 g/mol. The van der Waals surface area contributed by atoms with Crippen molar-refractivity contribution < 1.29 is 14.3 Å². The van der Waals surface area contributed by atoms with Gasteiger partial charge in [0.25, 0.3) is 0 Å². The molecule has 0 rings (SSSR count). The first-order valence-electron chi connectivity index (χ1n) is 7.70. The average Bonchev–Trinajstić information content (AvgIpc) is 2.35. The predicted octanol–water partition coefficient (Wildman–Crippen LogP) is 4.53. The molecule has 0 bridgehead atoms. The second-order valence-corrected chi connectivity index (χ2v) is 6.65. The summed E-state index contributed by atoms with van der Waals surface area (Å²) in [6.07, 6.45) is 6.61. The van der Waals surface area contributed by atoms with E-state index in [1.54, 1.807) is 7.11 Å². The summed E-state index contributed by atoms with van der Waals surface area (Å²) in [5.41, 5.74) is 0.791. The van der Waals surface area contributed by atoms with Gasteiger partial charge in [-0.3, -0.25) is 0 Å². The Labute approximate surface area is 130 Å². The van der Waals surface area contributed by atoms with Crippen molar-refractivity contribution in [3.05, 3.63) is 23.8 Å². The highest BCUT2D eigenvalue weighted by molar-refractivity contribution is 5.83. The zero-order valence-electron chi connectivity index (χ0n) is 14.9. The van der Waals surface area contributed by atoms with E-state index in [1.807, 2.05) is 26.8 Å². The highest BCUT2D eigenvalue weighted by Crippen LogP contribution is 2.27. The Morgan fingerprint density at radius 1 is 1.19 bits per heavy atom. The number of hydrogen-bond acceptors (Lipinski definition) is 3. The predicted molar refractivity (Wildman–Crippen MR) is 88.2 cm³/mol. The third kappa shape index (κ3) is 8.71. The largest absolute Gasteiger partial charge is 0.460 e. The summed E-state index contributed by atoms with van der Waals surface area (Å²) in [6.45, 7) is 14.2. The Kier molecular flexibility index (Phi) is 8.57. The fourth-order valence-corrected chi connectivity index (χ4v) is 1.94. The standard InChI is InChI=1S/C18H32O3/c1-13(2)21-17(19)12-15(4)10-9-14(3)11-16(5)18(6,7)20-8/h9-10,12-14,16H,11H2,1-8H3. The quantitative estimate of drug-likeness (QED) is 0.375. The number of rotatable bonds is 8. The van der Waals surface area contributed by atoms with Crippen LogP contribution in [0.25, 0.3) is 0 Å². The van der Waals surface area contributed by atoms with Crippen LogP contribution >= 0.6 is 0 Å². The van der Waals surface area contributed by atoms with Crippen molar-refractivity contribution in [2.45, 2.75) is 66.6 Å². The van der Waals surface area contributed by atoms with Crippen LogP contribution in [-0.4, -0.2) is 24.8 Å². The minimum absolute atomic E-state index is 0.0819. The van der Waals surface area contributed by atoms with Crippen molar-refractivity contribution >= 4 is 5.97 Å². The first-order chi connectivity index (χ1) is 9.58. The molecule has 0 aromatic heterocycles. The van der Waals surface area contributed by atoms with E-state index in [0.717, 1.165) is 12.0 Å². The summed E-state index contributed by atoms with van der Waals surface area (Å²) < 4.78 is 10.6. The van der Waals surface area contributed by atoms with Crippen LogP contribution < -0.4 is 0 Å². The van der Waals surface area contributed by atoms with Crippen LogP contribution in [0, 0.1) is 11.8 Å². The number of allylic oxidation sites excluding steroid dienone is 3. The van der Waals surface area contributed by atoms with Gasteiger partial charge in [-0.2, -0.15) is 0 Å². The maximum atomic E-state index is 11.5. The molecule has 2 atom stereocenters. The molecule has 2 unspecified atom stereocenters. The van der Waals surface area contributed by atoms with E-state index in [4.69, 9.17) is 9.47 Å². The summed E-state index contributed by atoms with van der Waals surface area (Å²) in [4.78, 5) is 11.5. The van der Waals surface area contributed by atoms with E-state index >= 15 is 0 Å². The lowest BCUT2D eigenvalue weighted by Crippen LogP contribution is -2.32. The fourth-order valence-electron chi connectivity index (χ4n) is 1.94. The number of methoxy groups -OCH3 is 1. The van der Waals surface area contributed by atoms with E-state index < -0.39 is 0 Å². The van der Waals surface area contributed by atoms with Crippen LogP contribution in [-0.2, 0) is 14.3 Å². The molecule has 0 radical (unpaired) electrons. The molecule has 0 aliphatic heterocycles. The van der Waals surface area contributed by atoms with E-state index in [-0.39, 0.29) is 17.7 Å². The van der Waals surface area contributed by atoms with Gasteiger partial charge in [0.2, 0.25) is 0 Å². The third-order valence-corrected chi connectivity index (χ3v) is 3.82. The zero-order valence-corrected chi connectivity index (χ0v) is 14.9. The lowest BCUT2D eigenvalue weighted by Gasteiger charge is -2.31. The summed E-state index contributed by atoms with van der Waals surface area (Å²) in [6, 6.07) is 0. The van der Waals surface area contributed by atoms with Crippen molar-refractivity contribution in [3.63, 3.8) is 0 Å². The number of carbonyl (C=O) groups is 1. The number of esters is 1. The van der Waals surface area contributed by atoms with Gasteiger partial charge in [0.05, 0.1) is 11.7 Å². The van der Waals surface area contributed by atoms with E-state index in [2.05, 4.69) is 33.8 Å². The molecule has 0 aliphatic carbocycles. The van der Waals surface area contributed by atoms with Crippen LogP contribution in [0.5, 0.6) is 0 Å². The van der Waals surface area contributed by atoms with Crippen molar-refractivity contribution in [2.24, 2.45) is 11.8 Å². The molecular weight excluding hydrogens is 264 g/mol. The van der Waals surface area contributed by atoms with Gasteiger partial charge in [0.1, 0.15) is 0 Å². The van der Waals surface area contributed by atoms with Crippen molar-refractivity contribution in [1.29, 1.82) is 0 Å². The van der Waals surface area contributed by atoms with Crippen LogP contribution in [0.15, 0.2) is 23.8 Å². The molecule has 0 heterocycles. The summed E-state index contributed by atoms with van der Waals surface area (Å²) in [5, 5.41) is 0. The highest BCUT2D eigenvalue weighted by Gasteiger charge is 2.25. The Balaban J connectivity index is 4.47. The van der Waals surface area contributed by atoms with Crippen LogP contribution in [0.3, 0.4) is 0 Å². The molecular formula is C18H32O3. The van der Waals surface area contributed by atoms with Gasteiger partial charge >= 0.3 is 5.97 Å². The van der Waals surface area contributed by atoms with Crippen LogP contribution in [0.1, 0.15) is 54.9 Å². The molecule has 0 aromatic rings. The van der Waals surface area contributed by atoms with E-state index in [0.29, 0.717) is 11.8 Å². The van der Waals surface area contributed by atoms with Gasteiger partial charge < -0.3 is 9.47 Å².